The molecule has 2 aromatic carbocycles. The van der Waals surface area contributed by atoms with Gasteiger partial charge >= 0.3 is 0 Å². The summed E-state index contributed by atoms with van der Waals surface area (Å²) in [5.74, 6) is 0.632. The number of pyridine rings is 1. The molecule has 0 radical (unpaired) electrons. The maximum atomic E-state index is 14.4. The van der Waals surface area contributed by atoms with E-state index in [2.05, 4.69) is 38.1 Å². The normalized spacial score (nSPS) is 14.9. The second-order valence-corrected chi connectivity index (χ2v) is 7.67. The number of piperazine rings is 1. The lowest BCUT2D eigenvalue weighted by molar-refractivity contribution is 0.312. The Morgan fingerprint density at radius 3 is 2.43 bits per heavy atom. The molecule has 0 N–H and O–H groups in total. The Hall–Kier alpha value is -3.38. The number of rotatable bonds is 3. The lowest BCUT2D eigenvalue weighted by atomic mass is 9.98. The lowest BCUT2D eigenvalue weighted by Gasteiger charge is -2.33. The number of nitrogens with zero attached hydrogens (tertiary/aromatic N) is 5. The van der Waals surface area contributed by atoms with E-state index in [0.29, 0.717) is 5.39 Å². The molecule has 2 aromatic heterocycles. The van der Waals surface area contributed by atoms with Gasteiger partial charge in [0.1, 0.15) is 11.5 Å². The molecular weight excluding hydrogens is 377 g/mol. The van der Waals surface area contributed by atoms with E-state index in [4.69, 9.17) is 0 Å². The average molecular weight is 399 g/mol. The van der Waals surface area contributed by atoms with Gasteiger partial charge in [-0.25, -0.2) is 4.39 Å². The van der Waals surface area contributed by atoms with Crippen LogP contribution >= 0.6 is 0 Å². The van der Waals surface area contributed by atoms with E-state index >= 15 is 0 Å². The predicted molar refractivity (Wildman–Crippen MR) is 118 cm³/mol. The van der Waals surface area contributed by atoms with Gasteiger partial charge in [-0.05, 0) is 48.3 Å². The summed E-state index contributed by atoms with van der Waals surface area (Å²) >= 11 is 0. The van der Waals surface area contributed by atoms with Crippen molar-refractivity contribution in [1.82, 2.24) is 20.1 Å². The van der Waals surface area contributed by atoms with E-state index in [1.54, 1.807) is 18.5 Å². The third-order valence-corrected chi connectivity index (χ3v) is 5.70. The number of aromatic nitrogens is 3. The smallest absolute Gasteiger partial charge is 0.151 e. The zero-order valence-electron chi connectivity index (χ0n) is 16.8. The molecule has 1 aliphatic rings. The summed E-state index contributed by atoms with van der Waals surface area (Å²) in [5.41, 5.74) is 3.57. The summed E-state index contributed by atoms with van der Waals surface area (Å²) in [7, 11) is 2.13. The molecule has 0 amide bonds. The topological polar surface area (TPSA) is 45.2 Å². The fourth-order valence-corrected chi connectivity index (χ4v) is 3.92. The third-order valence-electron chi connectivity index (χ3n) is 5.70. The van der Waals surface area contributed by atoms with Crippen molar-refractivity contribution in [2.45, 2.75) is 0 Å². The molecule has 150 valence electrons. The van der Waals surface area contributed by atoms with Gasteiger partial charge in [-0.15, -0.1) is 10.2 Å². The Balaban J connectivity index is 1.63. The van der Waals surface area contributed by atoms with Gasteiger partial charge in [0.2, 0.25) is 0 Å². The highest BCUT2D eigenvalue weighted by Crippen LogP contribution is 2.34. The molecule has 0 unspecified atom stereocenters. The van der Waals surface area contributed by atoms with E-state index in [-0.39, 0.29) is 5.82 Å². The van der Waals surface area contributed by atoms with E-state index in [0.717, 1.165) is 59.8 Å². The van der Waals surface area contributed by atoms with E-state index in [1.807, 2.05) is 36.4 Å². The Labute approximate surface area is 174 Å². The number of hydrogen-bond donors (Lipinski definition) is 0. The van der Waals surface area contributed by atoms with Crippen LogP contribution in [0.5, 0.6) is 0 Å². The summed E-state index contributed by atoms with van der Waals surface area (Å²) in [6.07, 6.45) is 3.55. The number of anilines is 1. The first-order chi connectivity index (χ1) is 14.7. The van der Waals surface area contributed by atoms with Crippen molar-refractivity contribution in [1.29, 1.82) is 0 Å². The number of hydrogen-bond acceptors (Lipinski definition) is 5. The van der Waals surface area contributed by atoms with Crippen LogP contribution in [0.4, 0.5) is 10.2 Å². The van der Waals surface area contributed by atoms with Crippen LogP contribution in [0.25, 0.3) is 33.2 Å². The molecule has 5 nitrogen and oxygen atoms in total. The van der Waals surface area contributed by atoms with Gasteiger partial charge in [0.15, 0.2) is 5.82 Å². The van der Waals surface area contributed by atoms with E-state index < -0.39 is 0 Å². The highest BCUT2D eigenvalue weighted by molar-refractivity contribution is 5.90. The fraction of sp³-hybridized carbons (Fsp3) is 0.208. The zero-order valence-corrected chi connectivity index (χ0v) is 16.8. The van der Waals surface area contributed by atoms with Gasteiger partial charge in [-0.2, -0.15) is 0 Å². The summed E-state index contributed by atoms with van der Waals surface area (Å²) in [6.45, 7) is 3.83. The van der Waals surface area contributed by atoms with Crippen molar-refractivity contribution in [2.24, 2.45) is 0 Å². The Morgan fingerprint density at radius 1 is 0.833 bits per heavy atom. The van der Waals surface area contributed by atoms with Crippen LogP contribution in [-0.4, -0.2) is 53.3 Å². The number of halogens is 1. The van der Waals surface area contributed by atoms with Crippen molar-refractivity contribution in [3.05, 3.63) is 72.8 Å². The minimum atomic E-state index is -0.234. The monoisotopic (exact) mass is 399 g/mol. The highest BCUT2D eigenvalue weighted by Gasteiger charge is 2.19. The summed E-state index contributed by atoms with van der Waals surface area (Å²) in [4.78, 5) is 8.72. The van der Waals surface area contributed by atoms with E-state index in [1.165, 1.54) is 6.07 Å². The molecule has 0 saturated carbocycles. The molecule has 5 rings (SSSR count). The van der Waals surface area contributed by atoms with Gasteiger partial charge in [0, 0.05) is 55.1 Å². The maximum absolute atomic E-state index is 14.4. The molecule has 6 heteroatoms. The lowest BCUT2D eigenvalue weighted by Crippen LogP contribution is -2.44. The van der Waals surface area contributed by atoms with Gasteiger partial charge < -0.3 is 9.80 Å². The van der Waals surface area contributed by atoms with Crippen LogP contribution in [0.1, 0.15) is 0 Å². The predicted octanol–water partition coefficient (Wildman–Crippen LogP) is 4.25. The van der Waals surface area contributed by atoms with Crippen LogP contribution in [0.3, 0.4) is 0 Å². The molecule has 1 saturated heterocycles. The molecule has 1 fully saturated rings. The molecular formula is C24H22FN5. The zero-order chi connectivity index (χ0) is 20.5. The highest BCUT2D eigenvalue weighted by atomic mass is 19.1. The Kier molecular flexibility index (Phi) is 4.85. The second kappa shape index (κ2) is 7.80. The maximum Gasteiger partial charge on any atom is 0.151 e. The van der Waals surface area contributed by atoms with Crippen LogP contribution < -0.4 is 4.90 Å². The van der Waals surface area contributed by atoms with Crippen LogP contribution in [0.15, 0.2) is 67.0 Å². The van der Waals surface area contributed by atoms with Gasteiger partial charge in [0.05, 0.1) is 0 Å². The molecule has 3 heterocycles. The molecule has 0 atom stereocenters. The summed E-state index contributed by atoms with van der Waals surface area (Å²) in [6, 6.07) is 16.9. The van der Waals surface area contributed by atoms with Crippen molar-refractivity contribution >= 4 is 16.6 Å². The largest absolute Gasteiger partial charge is 0.353 e. The summed E-state index contributed by atoms with van der Waals surface area (Å²) < 4.78 is 14.4. The van der Waals surface area contributed by atoms with Gasteiger partial charge in [-0.1, -0.05) is 24.3 Å². The van der Waals surface area contributed by atoms with Crippen molar-refractivity contribution in [3.63, 3.8) is 0 Å². The van der Waals surface area contributed by atoms with Gasteiger partial charge in [0.25, 0.3) is 0 Å². The first kappa shape index (κ1) is 18.6. The van der Waals surface area contributed by atoms with Crippen molar-refractivity contribution in [2.75, 3.05) is 38.1 Å². The molecule has 30 heavy (non-hydrogen) atoms. The second-order valence-electron chi connectivity index (χ2n) is 7.67. The molecule has 0 bridgehead atoms. The molecule has 1 aliphatic heterocycles. The van der Waals surface area contributed by atoms with E-state index in [9.17, 15) is 4.39 Å². The Morgan fingerprint density at radius 2 is 1.63 bits per heavy atom. The molecule has 0 spiro atoms. The number of fused-ring (bicyclic) bond motifs is 1. The quantitative estimate of drug-likeness (QED) is 0.515. The summed E-state index contributed by atoms with van der Waals surface area (Å²) in [5, 5.41) is 10.6. The third kappa shape index (κ3) is 3.50. The minimum Gasteiger partial charge on any atom is -0.353 e. The van der Waals surface area contributed by atoms with Gasteiger partial charge in [-0.3, -0.25) is 4.98 Å². The van der Waals surface area contributed by atoms with Crippen LogP contribution in [-0.2, 0) is 0 Å². The molecule has 0 aliphatic carbocycles. The van der Waals surface area contributed by atoms with Crippen LogP contribution in [0.2, 0.25) is 0 Å². The van der Waals surface area contributed by atoms with Crippen molar-refractivity contribution in [3.8, 4) is 22.4 Å². The number of benzene rings is 2. The standard InChI is InChI=1S/C24H22FN5/c1-29-11-13-30(14-12-29)23-16-21(18-7-9-26-10-8-18)24(28-27-23)19-6-5-17-3-2-4-22(25)20(17)15-19/h2-10,15-16H,11-14H2,1H3. The average Bonchev–Trinajstić information content (AvgIpc) is 2.80. The first-order valence-electron chi connectivity index (χ1n) is 10.1. The first-order valence-corrected chi connectivity index (χ1v) is 10.1. The molecule has 4 aromatic rings. The number of likely N-dealkylation sites (N-methyl/N-ethyl adjacent to an activating group) is 1. The fourth-order valence-electron chi connectivity index (χ4n) is 3.92. The van der Waals surface area contributed by atoms with Crippen molar-refractivity contribution < 1.29 is 4.39 Å². The Bertz CT molecular complexity index is 1190. The SMILES string of the molecule is CN1CCN(c2cc(-c3ccncc3)c(-c3ccc4cccc(F)c4c3)nn2)CC1. The van der Waals surface area contributed by atoms with Crippen LogP contribution in [0, 0.1) is 5.82 Å². The minimum absolute atomic E-state index is 0.234.